The monoisotopic (exact) mass is 261 g/mol. The Labute approximate surface area is 106 Å². The molecule has 0 unspecified atom stereocenters. The van der Waals surface area contributed by atoms with Crippen molar-refractivity contribution in [3.63, 3.8) is 0 Å². The second kappa shape index (κ2) is 3.71. The van der Waals surface area contributed by atoms with Crippen LogP contribution in [0.4, 0.5) is 0 Å². The van der Waals surface area contributed by atoms with Gasteiger partial charge in [0.15, 0.2) is 0 Å². The molecule has 0 amide bonds. The van der Waals surface area contributed by atoms with Gasteiger partial charge >= 0.3 is 5.69 Å². The van der Waals surface area contributed by atoms with Crippen molar-refractivity contribution in [1.82, 2.24) is 14.1 Å². The zero-order valence-corrected chi connectivity index (χ0v) is 10.7. The van der Waals surface area contributed by atoms with Crippen LogP contribution in [0.15, 0.2) is 33.2 Å². The van der Waals surface area contributed by atoms with E-state index in [1.807, 2.05) is 23.6 Å². The molecule has 92 valence electrons. The molecule has 0 spiro atoms. The summed E-state index contributed by atoms with van der Waals surface area (Å²) in [5, 5.41) is 1.97. The Morgan fingerprint density at radius 1 is 1.22 bits per heavy atom. The first-order valence-electron chi connectivity index (χ1n) is 5.42. The number of aromatic nitrogens is 3. The van der Waals surface area contributed by atoms with Gasteiger partial charge in [0.05, 0.1) is 16.1 Å². The summed E-state index contributed by atoms with van der Waals surface area (Å²) >= 11 is 1.58. The molecule has 3 rings (SSSR count). The van der Waals surface area contributed by atoms with Gasteiger partial charge in [0.25, 0.3) is 5.56 Å². The lowest BCUT2D eigenvalue weighted by Crippen LogP contribution is -2.36. The summed E-state index contributed by atoms with van der Waals surface area (Å²) in [7, 11) is 3.14. The SMILES string of the molecule is Cn1c(=O)c2[nH]c(-c3cccs3)cc2n(C)c1=O. The summed E-state index contributed by atoms with van der Waals surface area (Å²) in [5.41, 5.74) is 1.34. The molecule has 3 heterocycles. The Kier molecular flexibility index (Phi) is 2.27. The summed E-state index contributed by atoms with van der Waals surface area (Å²) in [6.45, 7) is 0. The van der Waals surface area contributed by atoms with Gasteiger partial charge in [0, 0.05) is 14.1 Å². The summed E-state index contributed by atoms with van der Waals surface area (Å²) in [6.07, 6.45) is 0. The summed E-state index contributed by atoms with van der Waals surface area (Å²) in [5.74, 6) is 0. The average molecular weight is 261 g/mol. The minimum atomic E-state index is -0.316. The van der Waals surface area contributed by atoms with E-state index >= 15 is 0 Å². The minimum Gasteiger partial charge on any atom is -0.348 e. The van der Waals surface area contributed by atoms with Crippen LogP contribution >= 0.6 is 11.3 Å². The van der Waals surface area contributed by atoms with Crippen molar-refractivity contribution in [2.75, 3.05) is 0 Å². The first-order valence-corrected chi connectivity index (χ1v) is 6.30. The van der Waals surface area contributed by atoms with Gasteiger partial charge in [-0.05, 0) is 17.5 Å². The number of H-pyrrole nitrogens is 1. The molecule has 0 saturated heterocycles. The zero-order chi connectivity index (χ0) is 12.9. The number of aromatic amines is 1. The third kappa shape index (κ3) is 1.39. The molecule has 0 aliphatic heterocycles. The molecule has 3 aromatic heterocycles. The maximum Gasteiger partial charge on any atom is 0.331 e. The Morgan fingerprint density at radius 3 is 2.67 bits per heavy atom. The molecule has 6 heteroatoms. The third-order valence-electron chi connectivity index (χ3n) is 3.04. The Morgan fingerprint density at radius 2 is 2.00 bits per heavy atom. The third-order valence-corrected chi connectivity index (χ3v) is 3.94. The number of hydrogen-bond acceptors (Lipinski definition) is 3. The predicted octanol–water partition coefficient (Wildman–Crippen LogP) is 1.29. The van der Waals surface area contributed by atoms with Gasteiger partial charge in [-0.2, -0.15) is 0 Å². The second-order valence-electron chi connectivity index (χ2n) is 4.13. The smallest absolute Gasteiger partial charge is 0.331 e. The summed E-state index contributed by atoms with van der Waals surface area (Å²) in [6, 6.07) is 5.75. The number of fused-ring (bicyclic) bond motifs is 1. The molecule has 1 N–H and O–H groups in total. The topological polar surface area (TPSA) is 59.8 Å². The highest BCUT2D eigenvalue weighted by molar-refractivity contribution is 7.13. The van der Waals surface area contributed by atoms with Gasteiger partial charge in [-0.15, -0.1) is 11.3 Å². The molecule has 5 nitrogen and oxygen atoms in total. The molecule has 0 aliphatic rings. The van der Waals surface area contributed by atoms with E-state index in [1.165, 1.54) is 11.6 Å². The van der Waals surface area contributed by atoms with Crippen molar-refractivity contribution in [2.24, 2.45) is 14.1 Å². The lowest BCUT2D eigenvalue weighted by molar-refractivity contribution is 0.713. The van der Waals surface area contributed by atoms with Crippen LogP contribution in [-0.4, -0.2) is 14.1 Å². The molecule has 18 heavy (non-hydrogen) atoms. The summed E-state index contributed by atoms with van der Waals surface area (Å²) in [4.78, 5) is 28.0. The molecule has 0 fully saturated rings. The predicted molar refractivity (Wildman–Crippen MR) is 72.1 cm³/mol. The van der Waals surface area contributed by atoms with Crippen molar-refractivity contribution in [3.05, 3.63) is 44.4 Å². The maximum atomic E-state index is 12.0. The molecular weight excluding hydrogens is 250 g/mol. The van der Waals surface area contributed by atoms with Crippen molar-refractivity contribution >= 4 is 22.4 Å². The Balaban J connectivity index is 2.44. The molecule has 0 bridgehead atoms. The molecule has 0 atom stereocenters. The average Bonchev–Trinajstić information content (AvgIpc) is 3.01. The standard InChI is InChI=1S/C12H11N3O2S/c1-14-8-6-7(9-4-3-5-18-9)13-10(8)11(16)15(2)12(14)17/h3-6,13H,1-2H3. The van der Waals surface area contributed by atoms with Gasteiger partial charge in [-0.1, -0.05) is 6.07 Å². The molecule has 0 saturated carbocycles. The largest absolute Gasteiger partial charge is 0.348 e. The highest BCUT2D eigenvalue weighted by atomic mass is 32.1. The van der Waals surface area contributed by atoms with Gasteiger partial charge < -0.3 is 4.98 Å². The van der Waals surface area contributed by atoms with Gasteiger partial charge in [0.1, 0.15) is 5.52 Å². The molecular formula is C12H11N3O2S. The number of rotatable bonds is 1. The fourth-order valence-corrected chi connectivity index (χ4v) is 2.72. The van der Waals surface area contributed by atoms with Crippen LogP contribution in [0.5, 0.6) is 0 Å². The number of thiophene rings is 1. The number of nitrogens with zero attached hydrogens (tertiary/aromatic N) is 2. The second-order valence-corrected chi connectivity index (χ2v) is 5.07. The lowest BCUT2D eigenvalue weighted by atomic mass is 10.3. The number of aryl methyl sites for hydroxylation is 1. The normalized spacial score (nSPS) is 11.2. The van der Waals surface area contributed by atoms with Crippen molar-refractivity contribution < 1.29 is 0 Å². The van der Waals surface area contributed by atoms with Crippen molar-refractivity contribution in [3.8, 4) is 10.6 Å². The number of nitrogens with one attached hydrogen (secondary N) is 1. The van der Waals surface area contributed by atoms with Crippen LogP contribution in [0.1, 0.15) is 0 Å². The molecule has 0 radical (unpaired) electrons. The van der Waals surface area contributed by atoms with E-state index in [2.05, 4.69) is 4.98 Å². The molecule has 0 aliphatic carbocycles. The van der Waals surface area contributed by atoms with Crippen LogP contribution in [0.3, 0.4) is 0 Å². The first kappa shape index (κ1) is 11.0. The van der Waals surface area contributed by atoms with Gasteiger partial charge in [-0.25, -0.2) is 4.79 Å². The van der Waals surface area contributed by atoms with Crippen LogP contribution in [0.25, 0.3) is 21.6 Å². The van der Waals surface area contributed by atoms with Crippen LogP contribution in [-0.2, 0) is 14.1 Å². The van der Waals surface area contributed by atoms with E-state index in [0.29, 0.717) is 11.0 Å². The van der Waals surface area contributed by atoms with Crippen LogP contribution in [0, 0.1) is 0 Å². The first-order chi connectivity index (χ1) is 8.59. The van der Waals surface area contributed by atoms with E-state index in [1.54, 1.807) is 18.4 Å². The van der Waals surface area contributed by atoms with E-state index in [0.717, 1.165) is 15.1 Å². The highest BCUT2D eigenvalue weighted by Crippen LogP contribution is 2.25. The van der Waals surface area contributed by atoms with Crippen LogP contribution in [0.2, 0.25) is 0 Å². The zero-order valence-electron chi connectivity index (χ0n) is 9.93. The van der Waals surface area contributed by atoms with Crippen LogP contribution < -0.4 is 11.2 Å². The van der Waals surface area contributed by atoms with Crippen molar-refractivity contribution in [2.45, 2.75) is 0 Å². The van der Waals surface area contributed by atoms with E-state index in [-0.39, 0.29) is 11.2 Å². The highest BCUT2D eigenvalue weighted by Gasteiger charge is 2.12. The minimum absolute atomic E-state index is 0.295. The maximum absolute atomic E-state index is 12.0. The van der Waals surface area contributed by atoms with Gasteiger partial charge in [0.2, 0.25) is 0 Å². The summed E-state index contributed by atoms with van der Waals surface area (Å²) < 4.78 is 2.58. The quantitative estimate of drug-likeness (QED) is 0.717. The van der Waals surface area contributed by atoms with E-state index < -0.39 is 0 Å². The fraction of sp³-hybridized carbons (Fsp3) is 0.167. The fourth-order valence-electron chi connectivity index (χ4n) is 2.02. The Hall–Kier alpha value is -2.08. The molecule has 3 aromatic rings. The van der Waals surface area contributed by atoms with Gasteiger partial charge in [-0.3, -0.25) is 13.9 Å². The molecule has 0 aromatic carbocycles. The van der Waals surface area contributed by atoms with Crippen molar-refractivity contribution in [1.29, 1.82) is 0 Å². The Bertz CT molecular complexity index is 837. The lowest BCUT2D eigenvalue weighted by Gasteiger charge is -2.02. The number of hydrogen-bond donors (Lipinski definition) is 1. The van der Waals surface area contributed by atoms with E-state index in [9.17, 15) is 9.59 Å². The van der Waals surface area contributed by atoms with E-state index in [4.69, 9.17) is 0 Å².